The van der Waals surface area contributed by atoms with Gasteiger partial charge in [0.2, 0.25) is 5.91 Å². The van der Waals surface area contributed by atoms with E-state index in [0.717, 1.165) is 39.6 Å². The van der Waals surface area contributed by atoms with Crippen LogP contribution in [0.4, 0.5) is 13.2 Å². The molecule has 0 atom stereocenters. The number of nitrogens with one attached hydrogen (secondary N) is 1. The Labute approximate surface area is 215 Å². The number of benzene rings is 3. The van der Waals surface area contributed by atoms with Gasteiger partial charge in [0.25, 0.3) is 0 Å². The molecule has 0 saturated heterocycles. The highest BCUT2D eigenvalue weighted by Gasteiger charge is 2.29. The number of aromatic hydroxyl groups is 1. The third kappa shape index (κ3) is 4.90. The molecule has 0 unspecified atom stereocenters. The molecule has 0 bridgehead atoms. The van der Waals surface area contributed by atoms with E-state index >= 15 is 0 Å². The molecule has 0 aliphatic rings. The van der Waals surface area contributed by atoms with E-state index in [1.807, 2.05) is 34.9 Å². The van der Waals surface area contributed by atoms with Crippen molar-refractivity contribution in [2.45, 2.75) is 12.7 Å². The van der Waals surface area contributed by atoms with Crippen LogP contribution in [0.5, 0.6) is 11.5 Å². The van der Waals surface area contributed by atoms with Gasteiger partial charge in [-0.1, -0.05) is 30.3 Å². The number of phenols is 1. The Kier molecular flexibility index (Phi) is 6.50. The van der Waals surface area contributed by atoms with Crippen molar-refractivity contribution in [2.24, 2.45) is 0 Å². The number of fused-ring (bicyclic) bond motifs is 3. The van der Waals surface area contributed by atoms with Gasteiger partial charge in [-0.3, -0.25) is 9.78 Å². The maximum absolute atomic E-state index is 12.7. The minimum Gasteiger partial charge on any atom is -0.504 e. The number of carbonyl (C=O) groups is 1. The van der Waals surface area contributed by atoms with Gasteiger partial charge in [0.05, 0.1) is 47.8 Å². The van der Waals surface area contributed by atoms with E-state index in [2.05, 4.69) is 10.3 Å². The summed E-state index contributed by atoms with van der Waals surface area (Å²) in [4.78, 5) is 16.9. The number of hydrogen-bond acceptors (Lipinski definition) is 4. The van der Waals surface area contributed by atoms with Crippen molar-refractivity contribution >= 4 is 33.8 Å². The van der Waals surface area contributed by atoms with E-state index in [1.54, 1.807) is 24.4 Å². The van der Waals surface area contributed by atoms with Crippen LogP contribution in [0.3, 0.4) is 0 Å². The lowest BCUT2D eigenvalue weighted by molar-refractivity contribution is -0.137. The third-order valence-electron chi connectivity index (χ3n) is 6.15. The number of rotatable bonds is 6. The highest BCUT2D eigenvalue weighted by Crippen LogP contribution is 2.35. The molecule has 5 rings (SSSR count). The molecule has 2 aromatic heterocycles. The van der Waals surface area contributed by atoms with Crippen LogP contribution in [-0.4, -0.2) is 27.7 Å². The second-order valence-electron chi connectivity index (χ2n) is 8.57. The second kappa shape index (κ2) is 9.93. The number of nitrogens with zero attached hydrogens (tertiary/aromatic N) is 2. The molecule has 0 spiro atoms. The highest BCUT2D eigenvalue weighted by molar-refractivity contribution is 6.09. The molecule has 0 aliphatic carbocycles. The summed E-state index contributed by atoms with van der Waals surface area (Å²) in [5, 5.41) is 14.7. The van der Waals surface area contributed by atoms with Crippen molar-refractivity contribution in [3.63, 3.8) is 0 Å². The van der Waals surface area contributed by atoms with E-state index in [1.165, 1.54) is 31.4 Å². The summed E-state index contributed by atoms with van der Waals surface area (Å²) in [5.74, 6) is -0.00368. The minimum atomic E-state index is -4.41. The zero-order valence-electron chi connectivity index (χ0n) is 20.2. The van der Waals surface area contributed by atoms with Crippen molar-refractivity contribution in [2.75, 3.05) is 7.11 Å². The van der Waals surface area contributed by atoms with Crippen LogP contribution in [0.25, 0.3) is 33.6 Å². The van der Waals surface area contributed by atoms with E-state index in [4.69, 9.17) is 4.74 Å². The summed E-state index contributed by atoms with van der Waals surface area (Å²) < 4.78 is 45.4. The number of halogens is 3. The number of ether oxygens (including phenoxy) is 1. The molecule has 2 N–H and O–H groups in total. The molecule has 0 fully saturated rings. The SMILES string of the molecule is COc1cc(-n2c3ccccc3c3cc(CNC(=O)/C=C/c4ccc(C(F)(F)F)cc4)ncc32)ccc1O. The molecule has 38 heavy (non-hydrogen) atoms. The Morgan fingerprint density at radius 1 is 1.03 bits per heavy atom. The molecular formula is C29H22F3N3O3. The number of alkyl halides is 3. The van der Waals surface area contributed by atoms with Crippen molar-refractivity contribution in [3.8, 4) is 17.2 Å². The Bertz CT molecular complexity index is 1670. The molecule has 0 radical (unpaired) electrons. The predicted molar refractivity (Wildman–Crippen MR) is 139 cm³/mol. The number of pyridine rings is 1. The summed E-state index contributed by atoms with van der Waals surface area (Å²) >= 11 is 0. The van der Waals surface area contributed by atoms with Crippen molar-refractivity contribution < 1.29 is 27.8 Å². The number of amides is 1. The third-order valence-corrected chi connectivity index (χ3v) is 6.15. The monoisotopic (exact) mass is 517 g/mol. The first kappa shape index (κ1) is 24.9. The number of carbonyl (C=O) groups excluding carboxylic acids is 1. The molecule has 9 heteroatoms. The van der Waals surface area contributed by atoms with Gasteiger partial charge in [-0.15, -0.1) is 0 Å². The van der Waals surface area contributed by atoms with Gasteiger partial charge in [0.15, 0.2) is 11.5 Å². The quantitative estimate of drug-likeness (QED) is 0.262. The predicted octanol–water partition coefficient (Wildman–Crippen LogP) is 6.24. The van der Waals surface area contributed by atoms with Gasteiger partial charge in [0, 0.05) is 22.9 Å². The largest absolute Gasteiger partial charge is 0.504 e. The van der Waals surface area contributed by atoms with Gasteiger partial charge >= 0.3 is 6.18 Å². The second-order valence-corrected chi connectivity index (χ2v) is 8.57. The molecular weight excluding hydrogens is 495 g/mol. The van der Waals surface area contributed by atoms with E-state index in [0.29, 0.717) is 17.0 Å². The summed E-state index contributed by atoms with van der Waals surface area (Å²) in [5.41, 5.74) is 2.95. The van der Waals surface area contributed by atoms with Crippen LogP contribution in [0.15, 0.2) is 85.1 Å². The van der Waals surface area contributed by atoms with Crippen LogP contribution >= 0.6 is 0 Å². The summed E-state index contributed by atoms with van der Waals surface area (Å²) in [6, 6.07) is 19.5. The molecule has 6 nitrogen and oxygen atoms in total. The number of methoxy groups -OCH3 is 1. The fraction of sp³-hybridized carbons (Fsp3) is 0.103. The van der Waals surface area contributed by atoms with Crippen molar-refractivity contribution in [1.82, 2.24) is 14.9 Å². The Morgan fingerprint density at radius 3 is 2.53 bits per heavy atom. The fourth-order valence-electron chi connectivity index (χ4n) is 4.28. The number of phenolic OH excluding ortho intramolecular Hbond substituents is 1. The minimum absolute atomic E-state index is 0.0422. The molecule has 192 valence electrons. The van der Waals surface area contributed by atoms with E-state index < -0.39 is 17.6 Å². The molecule has 2 heterocycles. The van der Waals surface area contributed by atoms with Crippen LogP contribution in [0.2, 0.25) is 0 Å². The van der Waals surface area contributed by atoms with Gasteiger partial charge in [0.1, 0.15) is 0 Å². The fourth-order valence-corrected chi connectivity index (χ4v) is 4.28. The Hall–Kier alpha value is -4.79. The number of para-hydroxylation sites is 1. The van der Waals surface area contributed by atoms with Gasteiger partial charge < -0.3 is 19.7 Å². The zero-order chi connectivity index (χ0) is 26.9. The molecule has 1 amide bonds. The molecule has 5 aromatic rings. The normalized spacial score (nSPS) is 11.9. The Morgan fingerprint density at radius 2 is 1.79 bits per heavy atom. The maximum atomic E-state index is 12.7. The number of aromatic nitrogens is 2. The summed E-state index contributed by atoms with van der Waals surface area (Å²) in [6.45, 7) is 0.165. The average Bonchev–Trinajstić information content (AvgIpc) is 3.24. The molecule has 3 aromatic carbocycles. The van der Waals surface area contributed by atoms with Gasteiger partial charge in [-0.2, -0.15) is 13.2 Å². The van der Waals surface area contributed by atoms with Crippen LogP contribution < -0.4 is 10.1 Å². The summed E-state index contributed by atoms with van der Waals surface area (Å²) in [7, 11) is 1.49. The van der Waals surface area contributed by atoms with E-state index in [-0.39, 0.29) is 12.3 Å². The lowest BCUT2D eigenvalue weighted by Gasteiger charge is -2.10. The lowest BCUT2D eigenvalue weighted by Crippen LogP contribution is -2.20. The first-order valence-corrected chi connectivity index (χ1v) is 11.6. The summed E-state index contributed by atoms with van der Waals surface area (Å²) in [6.07, 6.45) is 0.0437. The lowest BCUT2D eigenvalue weighted by atomic mass is 10.1. The smallest absolute Gasteiger partial charge is 0.416 e. The molecule has 0 aliphatic heterocycles. The maximum Gasteiger partial charge on any atom is 0.416 e. The van der Waals surface area contributed by atoms with Crippen molar-refractivity contribution in [1.29, 1.82) is 0 Å². The van der Waals surface area contributed by atoms with Crippen LogP contribution in [0, 0.1) is 0 Å². The zero-order valence-corrected chi connectivity index (χ0v) is 20.2. The van der Waals surface area contributed by atoms with Gasteiger partial charge in [-0.25, -0.2) is 0 Å². The standard InChI is InChI=1S/C29H22F3N3O3/c1-38-27-15-21(11-12-26(27)36)35-24-5-3-2-4-22(24)23-14-20(33-17-25(23)35)16-34-28(37)13-8-18-6-9-19(10-7-18)29(30,31)32/h2-15,17,36H,16H2,1H3,(H,34,37)/b13-8+. The van der Waals surface area contributed by atoms with E-state index in [9.17, 15) is 23.1 Å². The first-order valence-electron chi connectivity index (χ1n) is 11.6. The molecule has 0 saturated carbocycles. The van der Waals surface area contributed by atoms with Gasteiger partial charge in [-0.05, 0) is 48.0 Å². The average molecular weight is 518 g/mol. The Balaban J connectivity index is 1.38. The van der Waals surface area contributed by atoms with Crippen LogP contribution in [-0.2, 0) is 17.5 Å². The highest BCUT2D eigenvalue weighted by atomic mass is 19.4. The van der Waals surface area contributed by atoms with Crippen molar-refractivity contribution in [3.05, 3.63) is 102 Å². The first-order chi connectivity index (χ1) is 18.2. The topological polar surface area (TPSA) is 76.4 Å². The van der Waals surface area contributed by atoms with Crippen LogP contribution in [0.1, 0.15) is 16.8 Å². The number of hydrogen-bond donors (Lipinski definition) is 2.